The van der Waals surface area contributed by atoms with Gasteiger partial charge in [0.25, 0.3) is 0 Å². The van der Waals surface area contributed by atoms with Gasteiger partial charge in [0, 0.05) is 26.2 Å². The van der Waals surface area contributed by atoms with Crippen LogP contribution in [0.3, 0.4) is 0 Å². The lowest BCUT2D eigenvalue weighted by molar-refractivity contribution is -0.120. The predicted octanol–water partition coefficient (Wildman–Crippen LogP) is -0.177. The number of rotatable bonds is 8. The van der Waals surface area contributed by atoms with E-state index >= 15 is 0 Å². The second-order valence-corrected chi connectivity index (χ2v) is 4.65. The molecule has 0 radical (unpaired) electrons. The molecule has 0 aromatic carbocycles. The van der Waals surface area contributed by atoms with Crippen LogP contribution in [0, 0.1) is 0 Å². The zero-order valence-electron chi connectivity index (χ0n) is 11.0. The van der Waals surface area contributed by atoms with Gasteiger partial charge in [0.1, 0.15) is 0 Å². The molecule has 1 heterocycles. The summed E-state index contributed by atoms with van der Waals surface area (Å²) >= 11 is 0. The van der Waals surface area contributed by atoms with Crippen LogP contribution in [0.2, 0.25) is 0 Å². The van der Waals surface area contributed by atoms with Gasteiger partial charge >= 0.3 is 0 Å². The molecular formula is C12H25N3O2. The van der Waals surface area contributed by atoms with Crippen molar-refractivity contribution in [3.63, 3.8) is 0 Å². The van der Waals surface area contributed by atoms with Crippen molar-refractivity contribution in [2.24, 2.45) is 0 Å². The summed E-state index contributed by atoms with van der Waals surface area (Å²) in [7, 11) is 1.65. The molecule has 0 aliphatic carbocycles. The van der Waals surface area contributed by atoms with Crippen molar-refractivity contribution in [3.8, 4) is 0 Å². The third-order valence-corrected chi connectivity index (χ3v) is 2.91. The molecule has 1 aliphatic heterocycles. The number of amides is 1. The first kappa shape index (κ1) is 14.4. The molecule has 1 fully saturated rings. The summed E-state index contributed by atoms with van der Waals surface area (Å²) < 4.78 is 4.89. The van der Waals surface area contributed by atoms with Crippen LogP contribution in [-0.2, 0) is 9.53 Å². The van der Waals surface area contributed by atoms with Crippen LogP contribution < -0.4 is 10.6 Å². The van der Waals surface area contributed by atoms with E-state index in [1.807, 2.05) is 0 Å². The topological polar surface area (TPSA) is 53.6 Å². The van der Waals surface area contributed by atoms with Crippen LogP contribution in [0.15, 0.2) is 0 Å². The molecule has 0 saturated carbocycles. The van der Waals surface area contributed by atoms with E-state index in [0.717, 1.165) is 6.54 Å². The lowest BCUT2D eigenvalue weighted by Crippen LogP contribution is -2.44. The molecule has 5 nitrogen and oxygen atoms in total. The highest BCUT2D eigenvalue weighted by molar-refractivity contribution is 5.78. The lowest BCUT2D eigenvalue weighted by atomic mass is 10.3. The van der Waals surface area contributed by atoms with Gasteiger partial charge in [-0.1, -0.05) is 0 Å². The number of carbonyl (C=O) groups excluding carboxylic acids is 1. The molecule has 0 aromatic heterocycles. The molecule has 2 N–H and O–H groups in total. The van der Waals surface area contributed by atoms with Crippen LogP contribution in [0.5, 0.6) is 0 Å². The number of likely N-dealkylation sites (tertiary alicyclic amines) is 1. The Kier molecular flexibility index (Phi) is 7.16. The molecule has 0 spiro atoms. The molecule has 1 unspecified atom stereocenters. The van der Waals surface area contributed by atoms with Crippen molar-refractivity contribution in [1.82, 2.24) is 15.5 Å². The highest BCUT2D eigenvalue weighted by atomic mass is 16.5. The second kappa shape index (κ2) is 8.44. The summed E-state index contributed by atoms with van der Waals surface area (Å²) in [5.41, 5.74) is 0. The first-order chi connectivity index (χ1) is 8.22. The van der Waals surface area contributed by atoms with Crippen LogP contribution >= 0.6 is 0 Å². The van der Waals surface area contributed by atoms with Crippen molar-refractivity contribution in [1.29, 1.82) is 0 Å². The van der Waals surface area contributed by atoms with Crippen molar-refractivity contribution in [2.75, 3.05) is 46.4 Å². The van der Waals surface area contributed by atoms with Crippen molar-refractivity contribution < 1.29 is 9.53 Å². The predicted molar refractivity (Wildman–Crippen MR) is 68.0 cm³/mol. The number of carbonyl (C=O) groups is 1. The van der Waals surface area contributed by atoms with Gasteiger partial charge in [-0.2, -0.15) is 0 Å². The van der Waals surface area contributed by atoms with E-state index < -0.39 is 0 Å². The Bertz CT molecular complexity index is 218. The number of nitrogens with zero attached hydrogens (tertiary/aromatic N) is 1. The molecule has 5 heteroatoms. The van der Waals surface area contributed by atoms with Gasteiger partial charge in [-0.15, -0.1) is 0 Å². The van der Waals surface area contributed by atoms with E-state index in [1.165, 1.54) is 25.9 Å². The number of methoxy groups -OCH3 is 1. The normalized spacial score (nSPS) is 18.2. The van der Waals surface area contributed by atoms with Crippen LogP contribution in [0.4, 0.5) is 0 Å². The molecule has 0 bridgehead atoms. The van der Waals surface area contributed by atoms with Crippen LogP contribution in [-0.4, -0.2) is 63.3 Å². The van der Waals surface area contributed by atoms with E-state index in [1.54, 1.807) is 7.11 Å². The molecule has 1 rings (SSSR count). The molecule has 100 valence electrons. The maximum Gasteiger partial charge on any atom is 0.234 e. The Morgan fingerprint density at radius 2 is 2.12 bits per heavy atom. The SMILES string of the molecule is COCCNCC(=O)NC(C)CN1CCCC1. The third kappa shape index (κ3) is 6.61. The van der Waals surface area contributed by atoms with Crippen LogP contribution in [0.1, 0.15) is 19.8 Å². The number of ether oxygens (including phenoxy) is 1. The Morgan fingerprint density at radius 1 is 1.41 bits per heavy atom. The first-order valence-electron chi connectivity index (χ1n) is 6.43. The van der Waals surface area contributed by atoms with Gasteiger partial charge in [-0.3, -0.25) is 4.79 Å². The maximum atomic E-state index is 11.6. The lowest BCUT2D eigenvalue weighted by Gasteiger charge is -2.21. The summed E-state index contributed by atoms with van der Waals surface area (Å²) in [6.07, 6.45) is 2.58. The zero-order chi connectivity index (χ0) is 12.5. The van der Waals surface area contributed by atoms with E-state index in [0.29, 0.717) is 19.7 Å². The molecule has 17 heavy (non-hydrogen) atoms. The van der Waals surface area contributed by atoms with Crippen molar-refractivity contribution >= 4 is 5.91 Å². The third-order valence-electron chi connectivity index (χ3n) is 2.91. The van der Waals surface area contributed by atoms with E-state index in [-0.39, 0.29) is 11.9 Å². The molecule has 1 amide bonds. The summed E-state index contributed by atoms with van der Waals surface area (Å²) in [6.45, 7) is 7.09. The molecule has 1 saturated heterocycles. The largest absolute Gasteiger partial charge is 0.383 e. The second-order valence-electron chi connectivity index (χ2n) is 4.65. The van der Waals surface area contributed by atoms with E-state index in [9.17, 15) is 4.79 Å². The minimum absolute atomic E-state index is 0.0628. The molecular weight excluding hydrogens is 218 g/mol. The van der Waals surface area contributed by atoms with Gasteiger partial charge in [0.15, 0.2) is 0 Å². The highest BCUT2D eigenvalue weighted by Gasteiger charge is 2.15. The summed E-state index contributed by atoms with van der Waals surface area (Å²) in [5.74, 6) is 0.0628. The maximum absolute atomic E-state index is 11.6. The van der Waals surface area contributed by atoms with Crippen molar-refractivity contribution in [3.05, 3.63) is 0 Å². The molecule has 0 aromatic rings. The fraction of sp³-hybridized carbons (Fsp3) is 0.917. The zero-order valence-corrected chi connectivity index (χ0v) is 11.0. The van der Waals surface area contributed by atoms with E-state index in [2.05, 4.69) is 22.5 Å². The fourth-order valence-electron chi connectivity index (χ4n) is 2.10. The fourth-order valence-corrected chi connectivity index (χ4v) is 2.10. The Labute approximate surface area is 104 Å². The highest BCUT2D eigenvalue weighted by Crippen LogP contribution is 2.07. The van der Waals surface area contributed by atoms with Crippen LogP contribution in [0.25, 0.3) is 0 Å². The van der Waals surface area contributed by atoms with E-state index in [4.69, 9.17) is 4.74 Å². The van der Waals surface area contributed by atoms with Gasteiger partial charge < -0.3 is 20.3 Å². The van der Waals surface area contributed by atoms with Gasteiger partial charge in [0.2, 0.25) is 5.91 Å². The Hall–Kier alpha value is -0.650. The smallest absolute Gasteiger partial charge is 0.234 e. The summed E-state index contributed by atoms with van der Waals surface area (Å²) in [6, 6.07) is 0.227. The van der Waals surface area contributed by atoms with Gasteiger partial charge in [0.05, 0.1) is 13.2 Å². The summed E-state index contributed by atoms with van der Waals surface area (Å²) in [5, 5.41) is 6.03. The number of nitrogens with one attached hydrogen (secondary N) is 2. The Morgan fingerprint density at radius 3 is 2.76 bits per heavy atom. The Balaban J connectivity index is 2.03. The van der Waals surface area contributed by atoms with Gasteiger partial charge in [-0.25, -0.2) is 0 Å². The first-order valence-corrected chi connectivity index (χ1v) is 6.43. The minimum Gasteiger partial charge on any atom is -0.383 e. The number of hydrogen-bond donors (Lipinski definition) is 2. The summed E-state index contributed by atoms with van der Waals surface area (Å²) in [4.78, 5) is 14.0. The van der Waals surface area contributed by atoms with Crippen molar-refractivity contribution in [2.45, 2.75) is 25.8 Å². The quantitative estimate of drug-likeness (QED) is 0.581. The standard InChI is InChI=1S/C12H25N3O2/c1-11(10-15-6-3-4-7-15)14-12(16)9-13-5-8-17-2/h11,13H,3-10H2,1-2H3,(H,14,16). The number of hydrogen-bond acceptors (Lipinski definition) is 4. The van der Waals surface area contributed by atoms with Gasteiger partial charge in [-0.05, 0) is 32.9 Å². The minimum atomic E-state index is 0.0628. The molecule has 1 aliphatic rings. The molecule has 1 atom stereocenters. The monoisotopic (exact) mass is 243 g/mol. The average molecular weight is 243 g/mol. The average Bonchev–Trinajstić information content (AvgIpc) is 2.77.